The number of amidine groups is 1. The van der Waals surface area contributed by atoms with Crippen molar-refractivity contribution < 1.29 is 0 Å². The number of nitrogens with one attached hydrogen (secondary N) is 1. The molecule has 11 heavy (non-hydrogen) atoms. The Morgan fingerprint density at radius 1 is 1.91 bits per heavy atom. The summed E-state index contributed by atoms with van der Waals surface area (Å²) in [6.07, 6.45) is 1.69. The van der Waals surface area contributed by atoms with Gasteiger partial charge in [-0.3, -0.25) is 10.1 Å². The van der Waals surface area contributed by atoms with Gasteiger partial charge in [-0.2, -0.15) is 5.10 Å². The summed E-state index contributed by atoms with van der Waals surface area (Å²) in [5.74, 6) is 0.575. The molecule has 0 saturated heterocycles. The number of aromatic nitrogens is 2. The smallest absolute Gasteiger partial charge is 0.0910 e. The van der Waals surface area contributed by atoms with Crippen LogP contribution in [0.2, 0.25) is 0 Å². The first-order valence-corrected chi connectivity index (χ1v) is 3.93. The molecule has 60 valence electrons. The molecule has 0 amide bonds. The van der Waals surface area contributed by atoms with E-state index in [0.717, 1.165) is 10.2 Å². The summed E-state index contributed by atoms with van der Waals surface area (Å²) in [5, 5.41) is 6.62. The molecule has 0 atom stereocenters. The SMILES string of the molecule is CC(N)=NCc1[nH]ncc1Br. The van der Waals surface area contributed by atoms with Crippen molar-refractivity contribution in [3.63, 3.8) is 0 Å². The highest BCUT2D eigenvalue weighted by Gasteiger charge is 1.98. The van der Waals surface area contributed by atoms with Gasteiger partial charge in [0.1, 0.15) is 0 Å². The Hall–Kier alpha value is -0.840. The molecule has 0 saturated carbocycles. The van der Waals surface area contributed by atoms with Gasteiger partial charge in [-0.25, -0.2) is 0 Å². The van der Waals surface area contributed by atoms with Crippen LogP contribution in [0.25, 0.3) is 0 Å². The number of hydrogen-bond donors (Lipinski definition) is 2. The van der Waals surface area contributed by atoms with E-state index in [1.807, 2.05) is 0 Å². The van der Waals surface area contributed by atoms with Gasteiger partial charge in [0.05, 0.1) is 28.7 Å². The molecule has 3 N–H and O–H groups in total. The Labute approximate surface area is 73.0 Å². The highest BCUT2D eigenvalue weighted by Crippen LogP contribution is 2.12. The fourth-order valence-corrected chi connectivity index (χ4v) is 0.929. The molecule has 0 fully saturated rings. The average molecular weight is 217 g/mol. The van der Waals surface area contributed by atoms with E-state index < -0.39 is 0 Å². The lowest BCUT2D eigenvalue weighted by molar-refractivity contribution is 0.941. The summed E-state index contributed by atoms with van der Waals surface area (Å²) >= 11 is 3.31. The van der Waals surface area contributed by atoms with E-state index in [2.05, 4.69) is 31.1 Å². The first kappa shape index (κ1) is 8.26. The lowest BCUT2D eigenvalue weighted by Gasteiger charge is -1.92. The molecular weight excluding hydrogens is 208 g/mol. The molecule has 0 spiro atoms. The van der Waals surface area contributed by atoms with Gasteiger partial charge in [-0.1, -0.05) is 0 Å². The van der Waals surface area contributed by atoms with E-state index in [1.165, 1.54) is 0 Å². The monoisotopic (exact) mass is 216 g/mol. The second-order valence-corrected chi connectivity index (χ2v) is 3.01. The Morgan fingerprint density at radius 3 is 3.09 bits per heavy atom. The van der Waals surface area contributed by atoms with Crippen LogP contribution in [0, 0.1) is 0 Å². The molecule has 1 heterocycles. The first-order valence-electron chi connectivity index (χ1n) is 3.14. The Morgan fingerprint density at radius 2 is 2.64 bits per heavy atom. The maximum Gasteiger partial charge on any atom is 0.0910 e. The third-order valence-electron chi connectivity index (χ3n) is 1.15. The summed E-state index contributed by atoms with van der Waals surface area (Å²) in [6, 6.07) is 0. The molecule has 0 bridgehead atoms. The molecule has 0 aliphatic carbocycles. The van der Waals surface area contributed by atoms with Crippen LogP contribution >= 0.6 is 15.9 Å². The maximum atomic E-state index is 5.36. The highest BCUT2D eigenvalue weighted by atomic mass is 79.9. The van der Waals surface area contributed by atoms with Gasteiger partial charge in [0, 0.05) is 0 Å². The normalized spacial score (nSPS) is 12.0. The minimum Gasteiger partial charge on any atom is -0.388 e. The topological polar surface area (TPSA) is 67.1 Å². The Bertz CT molecular complexity index is 261. The minimum atomic E-state index is 0.545. The zero-order valence-corrected chi connectivity index (χ0v) is 7.72. The molecular formula is C6H9BrN4. The van der Waals surface area contributed by atoms with Crippen molar-refractivity contribution in [2.75, 3.05) is 0 Å². The largest absolute Gasteiger partial charge is 0.388 e. The fraction of sp³-hybridized carbons (Fsp3) is 0.333. The molecule has 4 nitrogen and oxygen atoms in total. The van der Waals surface area contributed by atoms with Crippen molar-refractivity contribution >= 4 is 21.8 Å². The lowest BCUT2D eigenvalue weighted by atomic mass is 10.4. The van der Waals surface area contributed by atoms with E-state index in [1.54, 1.807) is 13.1 Å². The molecule has 0 radical (unpaired) electrons. The minimum absolute atomic E-state index is 0.545. The first-order chi connectivity index (χ1) is 5.20. The highest BCUT2D eigenvalue weighted by molar-refractivity contribution is 9.10. The predicted octanol–water partition coefficient (Wildman–Crippen LogP) is 1.05. The predicted molar refractivity (Wildman–Crippen MR) is 47.3 cm³/mol. The number of H-pyrrole nitrogens is 1. The van der Waals surface area contributed by atoms with Gasteiger partial charge in [0.15, 0.2) is 0 Å². The van der Waals surface area contributed by atoms with Crippen LogP contribution < -0.4 is 5.73 Å². The van der Waals surface area contributed by atoms with Gasteiger partial charge < -0.3 is 5.73 Å². The zero-order chi connectivity index (χ0) is 8.27. The van der Waals surface area contributed by atoms with Crippen molar-refractivity contribution in [2.45, 2.75) is 13.5 Å². The van der Waals surface area contributed by atoms with Crippen LogP contribution in [0.1, 0.15) is 12.6 Å². The molecule has 0 aromatic carbocycles. The molecule has 1 aromatic heterocycles. The number of nitrogens with zero attached hydrogens (tertiary/aromatic N) is 2. The number of hydrogen-bond acceptors (Lipinski definition) is 2. The van der Waals surface area contributed by atoms with Crippen LogP contribution in [0.3, 0.4) is 0 Å². The van der Waals surface area contributed by atoms with Crippen molar-refractivity contribution in [1.29, 1.82) is 0 Å². The summed E-state index contributed by atoms with van der Waals surface area (Å²) in [6.45, 7) is 2.30. The van der Waals surface area contributed by atoms with E-state index in [0.29, 0.717) is 12.4 Å². The second-order valence-electron chi connectivity index (χ2n) is 2.15. The van der Waals surface area contributed by atoms with E-state index in [4.69, 9.17) is 5.73 Å². The van der Waals surface area contributed by atoms with Crippen LogP contribution in [0.4, 0.5) is 0 Å². The van der Waals surface area contributed by atoms with E-state index in [9.17, 15) is 0 Å². The van der Waals surface area contributed by atoms with Crippen LogP contribution in [0.15, 0.2) is 15.7 Å². The van der Waals surface area contributed by atoms with E-state index in [-0.39, 0.29) is 0 Å². The zero-order valence-electron chi connectivity index (χ0n) is 6.13. The van der Waals surface area contributed by atoms with Crippen LogP contribution in [-0.4, -0.2) is 16.0 Å². The fourth-order valence-electron chi connectivity index (χ4n) is 0.613. The van der Waals surface area contributed by atoms with Gasteiger partial charge in [-0.15, -0.1) is 0 Å². The van der Waals surface area contributed by atoms with Gasteiger partial charge in [-0.05, 0) is 22.9 Å². The third kappa shape index (κ3) is 2.34. The quantitative estimate of drug-likeness (QED) is 0.574. The lowest BCUT2D eigenvalue weighted by Crippen LogP contribution is -2.05. The van der Waals surface area contributed by atoms with Gasteiger partial charge in [0.2, 0.25) is 0 Å². The molecule has 0 aliphatic rings. The summed E-state index contributed by atoms with van der Waals surface area (Å²) < 4.78 is 0.933. The van der Waals surface area contributed by atoms with Gasteiger partial charge >= 0.3 is 0 Å². The average Bonchev–Trinajstić information content (AvgIpc) is 2.31. The summed E-state index contributed by atoms with van der Waals surface area (Å²) in [5.41, 5.74) is 6.30. The number of nitrogens with two attached hydrogens (primary N) is 1. The van der Waals surface area contributed by atoms with Crippen molar-refractivity contribution in [3.05, 3.63) is 16.4 Å². The standard InChI is InChI=1S/C6H9BrN4/c1-4(8)9-3-6-5(7)2-10-11-6/h2H,3H2,1H3,(H2,8,9)(H,10,11). The molecule has 1 aromatic rings. The maximum absolute atomic E-state index is 5.36. The third-order valence-corrected chi connectivity index (χ3v) is 1.84. The summed E-state index contributed by atoms with van der Waals surface area (Å²) in [4.78, 5) is 4.02. The van der Waals surface area contributed by atoms with Crippen LogP contribution in [-0.2, 0) is 6.54 Å². The van der Waals surface area contributed by atoms with Crippen molar-refractivity contribution in [2.24, 2.45) is 10.7 Å². The second kappa shape index (κ2) is 3.52. The number of aromatic amines is 1. The molecule has 5 heteroatoms. The van der Waals surface area contributed by atoms with Crippen LogP contribution in [0.5, 0.6) is 0 Å². The van der Waals surface area contributed by atoms with E-state index >= 15 is 0 Å². The number of rotatable bonds is 2. The van der Waals surface area contributed by atoms with Crippen molar-refractivity contribution in [3.8, 4) is 0 Å². The molecule has 0 aliphatic heterocycles. The Kier molecular flexibility index (Phi) is 2.64. The molecule has 1 rings (SSSR count). The molecule has 0 unspecified atom stereocenters. The number of halogens is 1. The van der Waals surface area contributed by atoms with Crippen molar-refractivity contribution in [1.82, 2.24) is 10.2 Å². The summed E-state index contributed by atoms with van der Waals surface area (Å²) in [7, 11) is 0. The van der Waals surface area contributed by atoms with Gasteiger partial charge in [0.25, 0.3) is 0 Å². The number of aliphatic imine (C=N–C) groups is 1. The Balaban J connectivity index is 2.65.